The first kappa shape index (κ1) is 13.1. The van der Waals surface area contributed by atoms with E-state index in [0.717, 1.165) is 37.2 Å². The van der Waals surface area contributed by atoms with Crippen molar-refractivity contribution in [3.8, 4) is 5.75 Å². The van der Waals surface area contributed by atoms with Crippen LogP contribution in [0.1, 0.15) is 44.6 Å². The monoisotopic (exact) mass is 246 g/mol. The highest BCUT2D eigenvalue weighted by Gasteiger charge is 2.11. The van der Waals surface area contributed by atoms with Gasteiger partial charge in [-0.05, 0) is 42.9 Å². The first-order valence-electron chi connectivity index (χ1n) is 6.84. The Balaban J connectivity index is 2.16. The van der Waals surface area contributed by atoms with Crippen LogP contribution in [0.4, 0.5) is 0 Å². The van der Waals surface area contributed by atoms with Crippen molar-refractivity contribution in [1.82, 2.24) is 4.98 Å². The molecule has 1 aromatic heterocycles. The van der Waals surface area contributed by atoms with E-state index in [2.05, 4.69) is 24.1 Å². The van der Waals surface area contributed by atoms with Crippen LogP contribution in [0.2, 0.25) is 0 Å². The van der Waals surface area contributed by atoms with Gasteiger partial charge in [0.25, 0.3) is 0 Å². The SMILES string of the molecule is CCCOc1cncc(C2=CC(N)CCCC2)c1. The summed E-state index contributed by atoms with van der Waals surface area (Å²) < 4.78 is 5.62. The summed E-state index contributed by atoms with van der Waals surface area (Å²) >= 11 is 0. The van der Waals surface area contributed by atoms with Crippen molar-refractivity contribution in [2.24, 2.45) is 5.73 Å². The number of allylic oxidation sites excluding steroid dienone is 1. The fraction of sp³-hybridized carbons (Fsp3) is 0.533. The van der Waals surface area contributed by atoms with E-state index in [-0.39, 0.29) is 6.04 Å². The molecule has 1 aromatic rings. The molecule has 3 heteroatoms. The third-order valence-corrected chi connectivity index (χ3v) is 3.21. The number of nitrogens with two attached hydrogens (primary N) is 1. The third-order valence-electron chi connectivity index (χ3n) is 3.21. The molecule has 98 valence electrons. The molecule has 1 aliphatic carbocycles. The molecule has 0 saturated carbocycles. The Hall–Kier alpha value is -1.35. The number of nitrogens with zero attached hydrogens (tertiary/aromatic N) is 1. The Morgan fingerprint density at radius 3 is 3.11 bits per heavy atom. The minimum atomic E-state index is 0.183. The first-order chi connectivity index (χ1) is 8.79. The van der Waals surface area contributed by atoms with Gasteiger partial charge in [-0.15, -0.1) is 0 Å². The van der Waals surface area contributed by atoms with E-state index < -0.39 is 0 Å². The lowest BCUT2D eigenvalue weighted by Crippen LogP contribution is -2.15. The van der Waals surface area contributed by atoms with Crippen LogP contribution in [-0.4, -0.2) is 17.6 Å². The summed E-state index contributed by atoms with van der Waals surface area (Å²) in [6, 6.07) is 2.26. The molecule has 0 amide bonds. The fourth-order valence-corrected chi connectivity index (χ4v) is 2.25. The van der Waals surface area contributed by atoms with Gasteiger partial charge in [0, 0.05) is 12.2 Å². The maximum Gasteiger partial charge on any atom is 0.138 e. The average Bonchev–Trinajstić information content (AvgIpc) is 2.61. The Morgan fingerprint density at radius 2 is 2.28 bits per heavy atom. The summed E-state index contributed by atoms with van der Waals surface area (Å²) in [5.74, 6) is 0.855. The van der Waals surface area contributed by atoms with Crippen molar-refractivity contribution in [3.05, 3.63) is 30.1 Å². The number of aromatic nitrogens is 1. The van der Waals surface area contributed by atoms with Crippen LogP contribution < -0.4 is 10.5 Å². The van der Waals surface area contributed by atoms with Gasteiger partial charge < -0.3 is 10.5 Å². The van der Waals surface area contributed by atoms with Crippen LogP contribution in [0, 0.1) is 0 Å². The zero-order chi connectivity index (χ0) is 12.8. The van der Waals surface area contributed by atoms with Gasteiger partial charge in [0.05, 0.1) is 12.8 Å². The molecule has 0 fully saturated rings. The highest BCUT2D eigenvalue weighted by Crippen LogP contribution is 2.27. The number of rotatable bonds is 4. The molecule has 3 nitrogen and oxygen atoms in total. The standard InChI is InChI=1S/C15H22N2O/c1-2-7-18-15-9-13(10-17-11-15)12-5-3-4-6-14(16)8-12/h8-11,14H,2-7,16H2,1H3. The van der Waals surface area contributed by atoms with Gasteiger partial charge in [0.15, 0.2) is 0 Å². The lowest BCUT2D eigenvalue weighted by molar-refractivity contribution is 0.316. The summed E-state index contributed by atoms with van der Waals surface area (Å²) in [6.07, 6.45) is 11.5. The Kier molecular flexibility index (Phi) is 4.76. The maximum atomic E-state index is 6.05. The zero-order valence-electron chi connectivity index (χ0n) is 11.1. The molecule has 0 aliphatic heterocycles. The number of hydrogen-bond donors (Lipinski definition) is 1. The van der Waals surface area contributed by atoms with Gasteiger partial charge in [-0.3, -0.25) is 4.98 Å². The molecule has 0 bridgehead atoms. The van der Waals surface area contributed by atoms with E-state index in [1.807, 2.05) is 6.20 Å². The summed E-state index contributed by atoms with van der Waals surface area (Å²) in [4.78, 5) is 4.26. The van der Waals surface area contributed by atoms with Crippen LogP contribution in [0.15, 0.2) is 24.5 Å². The third kappa shape index (κ3) is 3.57. The predicted octanol–water partition coefficient (Wildman–Crippen LogP) is 3.16. The molecular formula is C15H22N2O. The van der Waals surface area contributed by atoms with Gasteiger partial charge >= 0.3 is 0 Å². The van der Waals surface area contributed by atoms with E-state index in [1.165, 1.54) is 18.4 Å². The Morgan fingerprint density at radius 1 is 1.39 bits per heavy atom. The molecule has 0 spiro atoms. The van der Waals surface area contributed by atoms with Crippen molar-refractivity contribution >= 4 is 5.57 Å². The molecule has 0 radical (unpaired) electrons. The van der Waals surface area contributed by atoms with Crippen molar-refractivity contribution in [2.75, 3.05) is 6.61 Å². The van der Waals surface area contributed by atoms with E-state index in [1.54, 1.807) is 6.20 Å². The van der Waals surface area contributed by atoms with Gasteiger partial charge in [-0.2, -0.15) is 0 Å². The van der Waals surface area contributed by atoms with Gasteiger partial charge in [0.2, 0.25) is 0 Å². The fourth-order valence-electron chi connectivity index (χ4n) is 2.25. The quantitative estimate of drug-likeness (QED) is 0.887. The second-order valence-electron chi connectivity index (χ2n) is 4.86. The van der Waals surface area contributed by atoms with E-state index in [0.29, 0.717) is 0 Å². The summed E-state index contributed by atoms with van der Waals surface area (Å²) in [5.41, 5.74) is 8.52. The molecule has 2 N–H and O–H groups in total. The summed E-state index contributed by atoms with van der Waals surface area (Å²) in [6.45, 7) is 2.84. The van der Waals surface area contributed by atoms with Crippen LogP contribution in [0.3, 0.4) is 0 Å². The van der Waals surface area contributed by atoms with Crippen LogP contribution in [0.25, 0.3) is 5.57 Å². The predicted molar refractivity (Wildman–Crippen MR) is 74.4 cm³/mol. The molecule has 1 atom stereocenters. The van der Waals surface area contributed by atoms with Crippen molar-refractivity contribution in [3.63, 3.8) is 0 Å². The average molecular weight is 246 g/mol. The van der Waals surface area contributed by atoms with Crippen molar-refractivity contribution in [2.45, 2.75) is 45.1 Å². The highest BCUT2D eigenvalue weighted by molar-refractivity contribution is 5.66. The molecule has 18 heavy (non-hydrogen) atoms. The normalized spacial score (nSPS) is 20.1. The number of ether oxygens (including phenoxy) is 1. The van der Waals surface area contributed by atoms with Crippen LogP contribution in [-0.2, 0) is 0 Å². The van der Waals surface area contributed by atoms with E-state index in [9.17, 15) is 0 Å². The molecular weight excluding hydrogens is 224 g/mol. The summed E-state index contributed by atoms with van der Waals surface area (Å²) in [7, 11) is 0. The largest absolute Gasteiger partial charge is 0.492 e. The smallest absolute Gasteiger partial charge is 0.138 e. The Labute approximate surface area is 109 Å². The first-order valence-corrected chi connectivity index (χ1v) is 6.84. The van der Waals surface area contributed by atoms with Crippen molar-refractivity contribution < 1.29 is 4.74 Å². The van der Waals surface area contributed by atoms with Gasteiger partial charge in [-0.1, -0.05) is 19.4 Å². The lowest BCUT2D eigenvalue weighted by Gasteiger charge is -2.09. The Bertz CT molecular complexity index is 415. The zero-order valence-corrected chi connectivity index (χ0v) is 11.1. The van der Waals surface area contributed by atoms with Crippen molar-refractivity contribution in [1.29, 1.82) is 0 Å². The second kappa shape index (κ2) is 6.55. The van der Waals surface area contributed by atoms with Gasteiger partial charge in [-0.25, -0.2) is 0 Å². The van der Waals surface area contributed by atoms with Gasteiger partial charge in [0.1, 0.15) is 5.75 Å². The summed E-state index contributed by atoms with van der Waals surface area (Å²) in [5, 5.41) is 0. The molecule has 1 unspecified atom stereocenters. The molecule has 0 aromatic carbocycles. The minimum Gasteiger partial charge on any atom is -0.492 e. The number of hydrogen-bond acceptors (Lipinski definition) is 3. The van der Waals surface area contributed by atoms with E-state index in [4.69, 9.17) is 10.5 Å². The minimum absolute atomic E-state index is 0.183. The van der Waals surface area contributed by atoms with E-state index >= 15 is 0 Å². The highest BCUT2D eigenvalue weighted by atomic mass is 16.5. The maximum absolute atomic E-state index is 6.05. The molecule has 1 aliphatic rings. The topological polar surface area (TPSA) is 48.1 Å². The van der Waals surface area contributed by atoms with Crippen LogP contribution >= 0.6 is 0 Å². The molecule has 0 saturated heterocycles. The number of pyridine rings is 1. The molecule has 1 heterocycles. The second-order valence-corrected chi connectivity index (χ2v) is 4.86. The lowest BCUT2D eigenvalue weighted by atomic mass is 10.0. The van der Waals surface area contributed by atoms with Crippen LogP contribution in [0.5, 0.6) is 5.75 Å². The molecule has 2 rings (SSSR count).